The Kier molecular flexibility index (Phi) is 6.59. The van der Waals surface area contributed by atoms with Gasteiger partial charge in [0.25, 0.3) is 0 Å². The number of anilines is 2. The maximum absolute atomic E-state index is 13.6. The summed E-state index contributed by atoms with van der Waals surface area (Å²) in [5.74, 6) is 0.500. The van der Waals surface area contributed by atoms with Crippen LogP contribution in [0.3, 0.4) is 0 Å². The number of hydrogen-bond donors (Lipinski definition) is 0. The van der Waals surface area contributed by atoms with Crippen LogP contribution in [0, 0.1) is 5.82 Å². The van der Waals surface area contributed by atoms with Crippen LogP contribution in [0.15, 0.2) is 87.1 Å². The largest absolute Gasteiger partial charge is 0.497 e. The molecule has 10 heteroatoms. The van der Waals surface area contributed by atoms with E-state index in [2.05, 4.69) is 9.88 Å². The van der Waals surface area contributed by atoms with E-state index in [4.69, 9.17) is 20.8 Å². The van der Waals surface area contributed by atoms with Crippen molar-refractivity contribution in [2.75, 3.05) is 43.1 Å². The summed E-state index contributed by atoms with van der Waals surface area (Å²) in [6.07, 6.45) is 0. The van der Waals surface area contributed by atoms with Crippen molar-refractivity contribution < 1.29 is 22.0 Å². The highest BCUT2D eigenvalue weighted by Gasteiger charge is 2.33. The van der Waals surface area contributed by atoms with Gasteiger partial charge >= 0.3 is 0 Å². The molecular weight excluding hydrogens is 505 g/mol. The van der Waals surface area contributed by atoms with E-state index in [0.29, 0.717) is 36.8 Å². The zero-order valence-corrected chi connectivity index (χ0v) is 21.0. The van der Waals surface area contributed by atoms with Crippen molar-refractivity contribution in [2.45, 2.75) is 9.92 Å². The summed E-state index contributed by atoms with van der Waals surface area (Å²) >= 11 is 6.34. The van der Waals surface area contributed by atoms with E-state index in [1.165, 1.54) is 12.1 Å². The van der Waals surface area contributed by atoms with Crippen molar-refractivity contribution in [1.29, 1.82) is 0 Å². The number of benzene rings is 3. The predicted octanol–water partition coefficient (Wildman–Crippen LogP) is 5.30. The van der Waals surface area contributed by atoms with Crippen LogP contribution in [0.4, 0.5) is 16.0 Å². The molecule has 0 saturated carbocycles. The zero-order chi connectivity index (χ0) is 25.3. The van der Waals surface area contributed by atoms with Gasteiger partial charge in [-0.05, 0) is 60.7 Å². The van der Waals surface area contributed by atoms with Gasteiger partial charge in [0.1, 0.15) is 11.6 Å². The van der Waals surface area contributed by atoms with Crippen molar-refractivity contribution in [3.63, 3.8) is 0 Å². The lowest BCUT2D eigenvalue weighted by molar-refractivity contribution is 0.415. The van der Waals surface area contributed by atoms with E-state index in [-0.39, 0.29) is 21.7 Å². The van der Waals surface area contributed by atoms with Crippen LogP contribution < -0.4 is 14.5 Å². The number of halogens is 2. The molecule has 0 unspecified atom stereocenters. The summed E-state index contributed by atoms with van der Waals surface area (Å²) in [6, 6.07) is 19.4. The zero-order valence-electron chi connectivity index (χ0n) is 19.4. The van der Waals surface area contributed by atoms with Crippen molar-refractivity contribution in [3.8, 4) is 17.2 Å². The molecule has 3 aromatic carbocycles. The van der Waals surface area contributed by atoms with Crippen LogP contribution in [0.25, 0.3) is 11.5 Å². The summed E-state index contributed by atoms with van der Waals surface area (Å²) in [6.45, 7) is 2.30. The highest BCUT2D eigenvalue weighted by atomic mass is 35.5. The summed E-state index contributed by atoms with van der Waals surface area (Å²) in [5.41, 5.74) is 1.53. The molecule has 1 saturated heterocycles. The molecule has 4 aromatic rings. The number of nitrogens with zero attached hydrogens (tertiary/aromatic N) is 3. The number of ether oxygens (including phenoxy) is 1. The Morgan fingerprint density at radius 2 is 1.56 bits per heavy atom. The number of piperazine rings is 1. The summed E-state index contributed by atoms with van der Waals surface area (Å²) in [5, 5.41) is 0.169. The van der Waals surface area contributed by atoms with Crippen LogP contribution in [0.1, 0.15) is 0 Å². The SMILES string of the molecule is COc1ccc(N2CCN(c3oc(-c4ccccc4Cl)nc3S(=O)(=O)c3ccc(F)cc3)CC2)cc1. The monoisotopic (exact) mass is 527 g/mol. The molecule has 0 bridgehead atoms. The van der Waals surface area contributed by atoms with Crippen molar-refractivity contribution >= 4 is 33.0 Å². The molecule has 0 N–H and O–H groups in total. The van der Waals surface area contributed by atoms with E-state index >= 15 is 0 Å². The summed E-state index contributed by atoms with van der Waals surface area (Å²) in [4.78, 5) is 8.38. The molecule has 36 heavy (non-hydrogen) atoms. The lowest BCUT2D eigenvalue weighted by Gasteiger charge is -2.36. The van der Waals surface area contributed by atoms with Gasteiger partial charge in [-0.25, -0.2) is 12.8 Å². The third-order valence-electron chi connectivity index (χ3n) is 6.07. The molecule has 0 aliphatic carbocycles. The second-order valence-corrected chi connectivity index (χ2v) is 10.5. The third-order valence-corrected chi connectivity index (χ3v) is 8.06. The van der Waals surface area contributed by atoms with Crippen LogP contribution in [0.2, 0.25) is 5.02 Å². The maximum Gasteiger partial charge on any atom is 0.236 e. The molecule has 0 radical (unpaired) electrons. The van der Waals surface area contributed by atoms with Gasteiger partial charge in [0.05, 0.1) is 22.6 Å². The van der Waals surface area contributed by atoms with Crippen molar-refractivity contribution in [2.24, 2.45) is 0 Å². The minimum Gasteiger partial charge on any atom is -0.497 e. The van der Waals surface area contributed by atoms with Gasteiger partial charge in [-0.3, -0.25) is 0 Å². The van der Waals surface area contributed by atoms with Crippen LogP contribution >= 0.6 is 11.6 Å². The fourth-order valence-electron chi connectivity index (χ4n) is 4.11. The van der Waals surface area contributed by atoms with E-state index < -0.39 is 15.7 Å². The van der Waals surface area contributed by atoms with Crippen molar-refractivity contribution in [3.05, 3.63) is 83.6 Å². The van der Waals surface area contributed by atoms with Gasteiger partial charge < -0.3 is 19.0 Å². The molecule has 5 rings (SSSR count). The maximum atomic E-state index is 13.6. The number of methoxy groups -OCH3 is 1. The normalized spacial score (nSPS) is 14.2. The fraction of sp³-hybridized carbons (Fsp3) is 0.192. The first kappa shape index (κ1) is 24.1. The number of sulfone groups is 1. The fourth-order valence-corrected chi connectivity index (χ4v) is 5.65. The van der Waals surface area contributed by atoms with Gasteiger partial charge in [0, 0.05) is 31.9 Å². The first-order valence-corrected chi connectivity index (χ1v) is 13.1. The Morgan fingerprint density at radius 1 is 0.917 bits per heavy atom. The highest BCUT2D eigenvalue weighted by molar-refractivity contribution is 7.91. The number of oxazole rings is 1. The van der Waals surface area contributed by atoms with E-state index in [1.54, 1.807) is 31.4 Å². The van der Waals surface area contributed by atoms with Gasteiger partial charge in [-0.1, -0.05) is 23.7 Å². The van der Waals surface area contributed by atoms with Crippen LogP contribution in [-0.2, 0) is 9.84 Å². The smallest absolute Gasteiger partial charge is 0.236 e. The first-order chi connectivity index (χ1) is 17.4. The molecule has 1 aromatic heterocycles. The van der Waals surface area contributed by atoms with Crippen LogP contribution in [-0.4, -0.2) is 46.7 Å². The molecule has 0 spiro atoms. The topological polar surface area (TPSA) is 75.9 Å². The quantitative estimate of drug-likeness (QED) is 0.315. The molecule has 1 aliphatic rings. The highest BCUT2D eigenvalue weighted by Crippen LogP contribution is 2.37. The van der Waals surface area contributed by atoms with E-state index in [0.717, 1.165) is 23.6 Å². The van der Waals surface area contributed by atoms with Gasteiger partial charge in [0.2, 0.25) is 26.6 Å². The Labute approximate surface area is 213 Å². The number of hydrogen-bond acceptors (Lipinski definition) is 7. The molecular formula is C26H23ClFN3O4S. The molecule has 7 nitrogen and oxygen atoms in total. The molecule has 186 valence electrons. The molecule has 1 fully saturated rings. The molecule has 0 atom stereocenters. The minimum absolute atomic E-state index is 0.0685. The molecule has 1 aliphatic heterocycles. The number of aromatic nitrogens is 1. The Hall–Kier alpha value is -3.56. The average Bonchev–Trinajstić information content (AvgIpc) is 3.36. The lowest BCUT2D eigenvalue weighted by atomic mass is 10.2. The van der Waals surface area contributed by atoms with E-state index in [1.807, 2.05) is 29.2 Å². The average molecular weight is 528 g/mol. The van der Waals surface area contributed by atoms with Gasteiger partial charge in [0.15, 0.2) is 0 Å². The van der Waals surface area contributed by atoms with Gasteiger partial charge in [-0.2, -0.15) is 4.98 Å². The second-order valence-electron chi connectivity index (χ2n) is 8.24. The summed E-state index contributed by atoms with van der Waals surface area (Å²) in [7, 11) is -2.47. The Bertz CT molecular complexity index is 1470. The van der Waals surface area contributed by atoms with E-state index in [9.17, 15) is 12.8 Å². The number of rotatable bonds is 6. The second kappa shape index (κ2) is 9.83. The molecule has 2 heterocycles. The first-order valence-electron chi connectivity index (χ1n) is 11.3. The predicted molar refractivity (Wildman–Crippen MR) is 136 cm³/mol. The Balaban J connectivity index is 1.49. The standard InChI is InChI=1S/C26H23ClFN3O4S/c1-34-20-10-8-19(9-11-20)30-14-16-31(17-15-30)26-25(36(32,33)21-12-6-18(28)7-13-21)29-24(35-26)22-4-2-3-5-23(22)27/h2-13H,14-17H2,1H3. The van der Waals surface area contributed by atoms with Gasteiger partial charge in [-0.15, -0.1) is 0 Å². The lowest BCUT2D eigenvalue weighted by Crippen LogP contribution is -2.46. The van der Waals surface area contributed by atoms with Crippen molar-refractivity contribution in [1.82, 2.24) is 4.98 Å². The Morgan fingerprint density at radius 3 is 2.19 bits per heavy atom. The summed E-state index contributed by atoms with van der Waals surface area (Å²) < 4.78 is 51.9. The third kappa shape index (κ3) is 4.64. The minimum atomic E-state index is -4.09. The molecule has 0 amide bonds. The van der Waals surface area contributed by atoms with Crippen LogP contribution in [0.5, 0.6) is 5.75 Å².